The van der Waals surface area contributed by atoms with E-state index in [2.05, 4.69) is 0 Å². The van der Waals surface area contributed by atoms with Gasteiger partial charge in [-0.3, -0.25) is 4.79 Å². The van der Waals surface area contributed by atoms with Crippen molar-refractivity contribution in [1.29, 1.82) is 0 Å². The number of hydrogen-bond donors (Lipinski definition) is 1. The molecule has 1 saturated heterocycles. The van der Waals surface area contributed by atoms with Gasteiger partial charge in [0.25, 0.3) is 5.91 Å². The van der Waals surface area contributed by atoms with Gasteiger partial charge in [-0.1, -0.05) is 0 Å². The number of carboxylic acid groups (broad SMARTS) is 1. The fourth-order valence-corrected chi connectivity index (χ4v) is 2.61. The van der Waals surface area contributed by atoms with E-state index >= 15 is 0 Å². The highest BCUT2D eigenvalue weighted by molar-refractivity contribution is 7.11. The molecule has 1 aromatic rings. The predicted molar refractivity (Wildman–Crippen MR) is 72.3 cm³/mol. The first kappa shape index (κ1) is 13.8. The Morgan fingerprint density at radius 1 is 1.37 bits per heavy atom. The van der Waals surface area contributed by atoms with Gasteiger partial charge in [0, 0.05) is 36.0 Å². The zero-order valence-corrected chi connectivity index (χ0v) is 11.2. The summed E-state index contributed by atoms with van der Waals surface area (Å²) in [6.07, 6.45) is 3.41. The van der Waals surface area contributed by atoms with E-state index < -0.39 is 5.97 Å². The second-order valence-electron chi connectivity index (χ2n) is 4.17. The van der Waals surface area contributed by atoms with Crippen LogP contribution in [-0.4, -0.2) is 48.2 Å². The van der Waals surface area contributed by atoms with Crippen molar-refractivity contribution in [3.8, 4) is 0 Å². The first-order valence-electron chi connectivity index (χ1n) is 6.03. The Morgan fingerprint density at radius 2 is 2.21 bits per heavy atom. The molecule has 19 heavy (non-hydrogen) atoms. The van der Waals surface area contributed by atoms with Crippen LogP contribution in [0.4, 0.5) is 0 Å². The molecule has 0 unspecified atom stereocenters. The van der Waals surface area contributed by atoms with E-state index in [4.69, 9.17) is 9.84 Å². The predicted octanol–water partition coefficient (Wildman–Crippen LogP) is 1.71. The van der Waals surface area contributed by atoms with Crippen molar-refractivity contribution in [1.82, 2.24) is 4.90 Å². The number of rotatable bonds is 3. The normalized spacial score (nSPS) is 16.5. The Labute approximate surface area is 115 Å². The van der Waals surface area contributed by atoms with Crippen molar-refractivity contribution in [3.05, 3.63) is 28.0 Å². The van der Waals surface area contributed by atoms with Crippen molar-refractivity contribution in [3.63, 3.8) is 0 Å². The highest BCUT2D eigenvalue weighted by Gasteiger charge is 2.18. The van der Waals surface area contributed by atoms with E-state index in [1.54, 1.807) is 16.3 Å². The molecule has 0 aliphatic carbocycles. The van der Waals surface area contributed by atoms with Gasteiger partial charge in [-0.15, -0.1) is 11.3 Å². The summed E-state index contributed by atoms with van der Waals surface area (Å²) in [5.41, 5.74) is 0.608. The molecule has 0 saturated carbocycles. The molecule has 5 nitrogen and oxygen atoms in total. The first-order chi connectivity index (χ1) is 9.16. The molecule has 1 fully saturated rings. The van der Waals surface area contributed by atoms with Crippen molar-refractivity contribution in [2.24, 2.45) is 0 Å². The lowest BCUT2D eigenvalue weighted by Gasteiger charge is -2.18. The molecular formula is C13H15NO4S. The third-order valence-electron chi connectivity index (χ3n) is 2.77. The van der Waals surface area contributed by atoms with E-state index in [0.29, 0.717) is 31.9 Å². The van der Waals surface area contributed by atoms with Crippen LogP contribution in [0.3, 0.4) is 0 Å². The fraction of sp³-hybridized carbons (Fsp3) is 0.385. The summed E-state index contributed by atoms with van der Waals surface area (Å²) >= 11 is 1.36. The molecule has 1 aliphatic rings. The quantitative estimate of drug-likeness (QED) is 0.856. The summed E-state index contributed by atoms with van der Waals surface area (Å²) in [7, 11) is 0. The molecule has 1 N–H and O–H groups in total. The Balaban J connectivity index is 2.04. The lowest BCUT2D eigenvalue weighted by Crippen LogP contribution is -2.32. The molecule has 0 atom stereocenters. The highest BCUT2D eigenvalue weighted by Crippen LogP contribution is 2.18. The van der Waals surface area contributed by atoms with E-state index in [9.17, 15) is 9.59 Å². The number of nitrogens with zero attached hydrogens (tertiary/aromatic N) is 1. The molecule has 0 bridgehead atoms. The molecule has 2 heterocycles. The maximum absolute atomic E-state index is 12.2. The molecule has 1 aliphatic heterocycles. The number of hydrogen-bond acceptors (Lipinski definition) is 4. The molecule has 2 rings (SSSR count). The van der Waals surface area contributed by atoms with E-state index in [0.717, 1.165) is 17.4 Å². The zero-order chi connectivity index (χ0) is 13.7. The number of carbonyl (C=O) groups excluding carboxylic acids is 1. The number of amides is 1. The van der Waals surface area contributed by atoms with Crippen LogP contribution in [-0.2, 0) is 9.53 Å². The first-order valence-corrected chi connectivity index (χ1v) is 6.91. The number of carboxylic acids is 1. The minimum absolute atomic E-state index is 0.0169. The summed E-state index contributed by atoms with van der Waals surface area (Å²) in [6.45, 7) is 2.58. The van der Waals surface area contributed by atoms with Crippen LogP contribution in [0.1, 0.15) is 21.7 Å². The van der Waals surface area contributed by atoms with Gasteiger partial charge in [0.15, 0.2) is 0 Å². The van der Waals surface area contributed by atoms with E-state index in [1.165, 1.54) is 17.4 Å². The van der Waals surface area contributed by atoms with Crippen LogP contribution in [0.15, 0.2) is 17.5 Å². The molecule has 0 spiro atoms. The minimum Gasteiger partial charge on any atom is -0.478 e. The molecule has 102 valence electrons. The SMILES string of the molecule is O=C(O)C=Cc1cc(C(=O)N2CCCOCC2)cs1. The Kier molecular flexibility index (Phi) is 4.70. The Bertz CT molecular complexity index is 487. The van der Waals surface area contributed by atoms with Crippen LogP contribution in [0.5, 0.6) is 0 Å². The van der Waals surface area contributed by atoms with Crippen molar-refractivity contribution in [2.45, 2.75) is 6.42 Å². The largest absolute Gasteiger partial charge is 0.478 e. The van der Waals surface area contributed by atoms with E-state index in [1.807, 2.05) is 0 Å². The van der Waals surface area contributed by atoms with Gasteiger partial charge in [0.2, 0.25) is 0 Å². The maximum Gasteiger partial charge on any atom is 0.328 e. The van der Waals surface area contributed by atoms with Crippen LogP contribution < -0.4 is 0 Å². The molecule has 1 amide bonds. The number of thiophene rings is 1. The third kappa shape index (κ3) is 3.90. The Hall–Kier alpha value is -1.66. The lowest BCUT2D eigenvalue weighted by molar-refractivity contribution is -0.131. The summed E-state index contributed by atoms with van der Waals surface area (Å²) in [6, 6.07) is 1.72. The van der Waals surface area contributed by atoms with Gasteiger partial charge in [0.1, 0.15) is 0 Å². The van der Waals surface area contributed by atoms with Gasteiger partial charge in [-0.2, -0.15) is 0 Å². The van der Waals surface area contributed by atoms with Gasteiger partial charge in [0.05, 0.1) is 12.2 Å². The number of aliphatic carboxylic acids is 1. The zero-order valence-electron chi connectivity index (χ0n) is 10.4. The topological polar surface area (TPSA) is 66.8 Å². The average molecular weight is 281 g/mol. The van der Waals surface area contributed by atoms with Gasteiger partial charge < -0.3 is 14.7 Å². The van der Waals surface area contributed by atoms with Crippen LogP contribution in [0, 0.1) is 0 Å². The molecule has 0 radical (unpaired) electrons. The van der Waals surface area contributed by atoms with Crippen LogP contribution >= 0.6 is 11.3 Å². The molecular weight excluding hydrogens is 266 g/mol. The maximum atomic E-state index is 12.2. The standard InChI is InChI=1S/C13H15NO4S/c15-12(16)3-2-11-8-10(9-19-11)13(17)14-4-1-6-18-7-5-14/h2-3,8-9H,1,4-7H2,(H,15,16). The van der Waals surface area contributed by atoms with Gasteiger partial charge in [-0.25, -0.2) is 4.79 Å². The Morgan fingerprint density at radius 3 is 3.00 bits per heavy atom. The minimum atomic E-state index is -0.994. The average Bonchev–Trinajstić information content (AvgIpc) is 2.69. The fourth-order valence-electron chi connectivity index (χ4n) is 1.84. The summed E-state index contributed by atoms with van der Waals surface area (Å²) < 4.78 is 5.31. The van der Waals surface area contributed by atoms with Gasteiger partial charge in [-0.05, 0) is 18.6 Å². The van der Waals surface area contributed by atoms with Crippen LogP contribution in [0.2, 0.25) is 0 Å². The molecule has 1 aromatic heterocycles. The van der Waals surface area contributed by atoms with Crippen LogP contribution in [0.25, 0.3) is 6.08 Å². The molecule has 6 heteroatoms. The second-order valence-corrected chi connectivity index (χ2v) is 5.11. The monoisotopic (exact) mass is 281 g/mol. The smallest absolute Gasteiger partial charge is 0.328 e. The van der Waals surface area contributed by atoms with Crippen molar-refractivity contribution < 1.29 is 19.4 Å². The summed E-state index contributed by atoms with van der Waals surface area (Å²) in [5, 5.41) is 10.3. The highest BCUT2D eigenvalue weighted by atomic mass is 32.1. The second kappa shape index (κ2) is 6.49. The summed E-state index contributed by atoms with van der Waals surface area (Å²) in [4.78, 5) is 25.2. The van der Waals surface area contributed by atoms with Crippen molar-refractivity contribution >= 4 is 29.3 Å². The molecule has 0 aromatic carbocycles. The van der Waals surface area contributed by atoms with E-state index in [-0.39, 0.29) is 5.91 Å². The van der Waals surface area contributed by atoms with Crippen molar-refractivity contribution in [2.75, 3.05) is 26.3 Å². The van der Waals surface area contributed by atoms with Gasteiger partial charge >= 0.3 is 5.97 Å². The third-order valence-corrected chi connectivity index (χ3v) is 3.66. The number of carbonyl (C=O) groups is 2. The summed E-state index contributed by atoms with van der Waals surface area (Å²) in [5.74, 6) is -1.01. The number of ether oxygens (including phenoxy) is 1. The lowest BCUT2D eigenvalue weighted by atomic mass is 10.2.